The Balaban J connectivity index is 1.60. The zero-order valence-electron chi connectivity index (χ0n) is 12.7. The van der Waals surface area contributed by atoms with Gasteiger partial charge in [-0.05, 0) is 37.1 Å². The molecular formula is C17H26N2O2. The molecule has 21 heavy (non-hydrogen) atoms. The molecule has 2 aliphatic rings. The van der Waals surface area contributed by atoms with Gasteiger partial charge in [0.2, 0.25) is 0 Å². The zero-order valence-corrected chi connectivity index (χ0v) is 12.7. The first-order valence-electron chi connectivity index (χ1n) is 8.12. The Morgan fingerprint density at radius 2 is 1.90 bits per heavy atom. The van der Waals surface area contributed by atoms with Crippen LogP contribution in [0.15, 0.2) is 24.3 Å². The highest BCUT2D eigenvalue weighted by molar-refractivity contribution is 5.31. The molecule has 1 atom stereocenters. The highest BCUT2D eigenvalue weighted by Gasteiger charge is 2.24. The van der Waals surface area contributed by atoms with E-state index >= 15 is 0 Å². The SMILES string of the molecule is OCCN1CCCN(CC2OCCc3ccccc32)CC1. The molecule has 116 valence electrons. The maximum Gasteiger partial charge on any atom is 0.0954 e. The lowest BCUT2D eigenvalue weighted by atomic mass is 9.97. The molecule has 1 aromatic rings. The first-order valence-corrected chi connectivity index (χ1v) is 8.12. The van der Waals surface area contributed by atoms with E-state index in [9.17, 15) is 0 Å². The van der Waals surface area contributed by atoms with Gasteiger partial charge in [0.15, 0.2) is 0 Å². The average Bonchev–Trinajstić information content (AvgIpc) is 2.74. The lowest BCUT2D eigenvalue weighted by molar-refractivity contribution is 0.0166. The van der Waals surface area contributed by atoms with Crippen molar-refractivity contribution in [3.63, 3.8) is 0 Å². The number of aliphatic hydroxyl groups excluding tert-OH is 1. The molecule has 1 unspecified atom stereocenters. The van der Waals surface area contributed by atoms with E-state index in [0.717, 1.165) is 52.3 Å². The van der Waals surface area contributed by atoms with Crippen LogP contribution in [0.3, 0.4) is 0 Å². The second-order valence-electron chi connectivity index (χ2n) is 6.03. The van der Waals surface area contributed by atoms with Crippen molar-refractivity contribution < 1.29 is 9.84 Å². The fourth-order valence-corrected chi connectivity index (χ4v) is 3.43. The van der Waals surface area contributed by atoms with Crippen LogP contribution in [-0.2, 0) is 11.2 Å². The number of hydrogen-bond donors (Lipinski definition) is 1. The Labute approximate surface area is 127 Å². The average molecular weight is 290 g/mol. The molecule has 1 fully saturated rings. The van der Waals surface area contributed by atoms with E-state index in [-0.39, 0.29) is 12.7 Å². The zero-order chi connectivity index (χ0) is 14.5. The molecule has 3 rings (SSSR count). The number of fused-ring (bicyclic) bond motifs is 1. The molecule has 1 saturated heterocycles. The van der Waals surface area contributed by atoms with E-state index in [0.29, 0.717) is 0 Å². The minimum atomic E-state index is 0.222. The largest absolute Gasteiger partial charge is 0.395 e. The second kappa shape index (κ2) is 7.36. The summed E-state index contributed by atoms with van der Waals surface area (Å²) in [6.07, 6.45) is 2.44. The Hall–Kier alpha value is -0.940. The normalized spacial score (nSPS) is 24.5. The van der Waals surface area contributed by atoms with Crippen molar-refractivity contribution in [3.8, 4) is 0 Å². The number of β-amino-alcohol motifs (C(OH)–C–C–N with tert-alkyl or cyclic N) is 1. The summed E-state index contributed by atoms with van der Waals surface area (Å²) in [5, 5.41) is 9.07. The summed E-state index contributed by atoms with van der Waals surface area (Å²) in [6.45, 7) is 7.24. The Kier molecular flexibility index (Phi) is 5.25. The molecule has 0 aromatic heterocycles. The number of aliphatic hydroxyl groups is 1. The molecule has 4 heteroatoms. The predicted molar refractivity (Wildman–Crippen MR) is 83.4 cm³/mol. The highest BCUT2D eigenvalue weighted by Crippen LogP contribution is 2.27. The molecule has 0 aliphatic carbocycles. The van der Waals surface area contributed by atoms with Crippen molar-refractivity contribution in [1.82, 2.24) is 9.80 Å². The molecule has 4 nitrogen and oxygen atoms in total. The number of rotatable bonds is 4. The van der Waals surface area contributed by atoms with E-state index in [2.05, 4.69) is 34.1 Å². The van der Waals surface area contributed by atoms with Gasteiger partial charge in [-0.25, -0.2) is 0 Å². The van der Waals surface area contributed by atoms with Crippen molar-refractivity contribution in [2.24, 2.45) is 0 Å². The predicted octanol–water partition coefficient (Wildman–Crippen LogP) is 1.30. The van der Waals surface area contributed by atoms with Gasteiger partial charge in [-0.15, -0.1) is 0 Å². The summed E-state index contributed by atoms with van der Waals surface area (Å²) < 4.78 is 6.03. The first kappa shape index (κ1) is 15.0. The molecule has 0 bridgehead atoms. The number of hydrogen-bond acceptors (Lipinski definition) is 4. The summed E-state index contributed by atoms with van der Waals surface area (Å²) in [6, 6.07) is 8.69. The van der Waals surface area contributed by atoms with Crippen molar-refractivity contribution in [3.05, 3.63) is 35.4 Å². The van der Waals surface area contributed by atoms with E-state index in [1.165, 1.54) is 17.5 Å². The monoisotopic (exact) mass is 290 g/mol. The minimum absolute atomic E-state index is 0.222. The van der Waals surface area contributed by atoms with Gasteiger partial charge >= 0.3 is 0 Å². The Morgan fingerprint density at radius 1 is 1.10 bits per heavy atom. The van der Waals surface area contributed by atoms with Crippen molar-refractivity contribution in [2.45, 2.75) is 18.9 Å². The first-order chi connectivity index (χ1) is 10.4. The fourth-order valence-electron chi connectivity index (χ4n) is 3.43. The van der Waals surface area contributed by atoms with Gasteiger partial charge in [0, 0.05) is 26.2 Å². The van der Waals surface area contributed by atoms with Gasteiger partial charge in [-0.2, -0.15) is 0 Å². The van der Waals surface area contributed by atoms with Crippen LogP contribution in [0.1, 0.15) is 23.7 Å². The quantitative estimate of drug-likeness (QED) is 0.907. The molecule has 1 aromatic carbocycles. The van der Waals surface area contributed by atoms with Crippen molar-refractivity contribution >= 4 is 0 Å². The summed E-state index contributed by atoms with van der Waals surface area (Å²) >= 11 is 0. The molecule has 1 N–H and O–H groups in total. The molecule has 0 spiro atoms. The highest BCUT2D eigenvalue weighted by atomic mass is 16.5. The Bertz CT molecular complexity index is 452. The lowest BCUT2D eigenvalue weighted by Crippen LogP contribution is -2.36. The summed E-state index contributed by atoms with van der Waals surface area (Å²) in [7, 11) is 0. The van der Waals surface area contributed by atoms with Crippen LogP contribution in [0.25, 0.3) is 0 Å². The molecule has 2 aliphatic heterocycles. The third-order valence-electron chi connectivity index (χ3n) is 4.61. The van der Waals surface area contributed by atoms with Crippen LogP contribution in [0.5, 0.6) is 0 Å². The van der Waals surface area contributed by atoms with E-state index in [1.807, 2.05) is 0 Å². The van der Waals surface area contributed by atoms with Crippen molar-refractivity contribution in [1.29, 1.82) is 0 Å². The van der Waals surface area contributed by atoms with Crippen LogP contribution < -0.4 is 0 Å². The van der Waals surface area contributed by atoms with Crippen LogP contribution in [-0.4, -0.2) is 67.4 Å². The summed E-state index contributed by atoms with van der Waals surface area (Å²) in [4.78, 5) is 4.87. The number of ether oxygens (including phenoxy) is 1. The third-order valence-corrected chi connectivity index (χ3v) is 4.61. The van der Waals surface area contributed by atoms with Crippen molar-refractivity contribution in [2.75, 3.05) is 52.5 Å². The molecule has 0 radical (unpaired) electrons. The molecule has 0 saturated carbocycles. The van der Waals surface area contributed by atoms with Gasteiger partial charge in [0.05, 0.1) is 19.3 Å². The van der Waals surface area contributed by atoms with E-state index in [4.69, 9.17) is 9.84 Å². The van der Waals surface area contributed by atoms with Gasteiger partial charge in [0.25, 0.3) is 0 Å². The second-order valence-corrected chi connectivity index (χ2v) is 6.03. The Morgan fingerprint density at radius 3 is 2.81 bits per heavy atom. The van der Waals surface area contributed by atoms with Gasteiger partial charge in [0.1, 0.15) is 0 Å². The fraction of sp³-hybridized carbons (Fsp3) is 0.647. The molecular weight excluding hydrogens is 264 g/mol. The van der Waals surface area contributed by atoms with Crippen LogP contribution in [0.4, 0.5) is 0 Å². The molecule has 0 amide bonds. The van der Waals surface area contributed by atoms with E-state index < -0.39 is 0 Å². The smallest absolute Gasteiger partial charge is 0.0954 e. The standard InChI is InChI=1S/C17H26N2O2/c20-12-11-18-7-3-8-19(10-9-18)14-17-16-5-2-1-4-15(16)6-13-21-17/h1-2,4-5,17,20H,3,6-14H2. The maximum absolute atomic E-state index is 9.07. The summed E-state index contributed by atoms with van der Waals surface area (Å²) in [5.74, 6) is 0. The van der Waals surface area contributed by atoms with E-state index in [1.54, 1.807) is 0 Å². The number of nitrogens with zero attached hydrogens (tertiary/aromatic N) is 2. The lowest BCUT2D eigenvalue weighted by Gasteiger charge is -2.31. The number of benzene rings is 1. The van der Waals surface area contributed by atoms with Crippen LogP contribution in [0, 0.1) is 0 Å². The van der Waals surface area contributed by atoms with Crippen LogP contribution >= 0.6 is 0 Å². The summed E-state index contributed by atoms with van der Waals surface area (Å²) in [5.41, 5.74) is 2.82. The maximum atomic E-state index is 9.07. The topological polar surface area (TPSA) is 35.9 Å². The molecule has 2 heterocycles. The minimum Gasteiger partial charge on any atom is -0.395 e. The van der Waals surface area contributed by atoms with Gasteiger partial charge < -0.3 is 9.84 Å². The van der Waals surface area contributed by atoms with Crippen LogP contribution in [0.2, 0.25) is 0 Å². The third kappa shape index (κ3) is 3.83. The van der Waals surface area contributed by atoms with Gasteiger partial charge in [-0.1, -0.05) is 24.3 Å². The van der Waals surface area contributed by atoms with Gasteiger partial charge in [-0.3, -0.25) is 9.80 Å².